The molecule has 44 N–H and O–H groups in total. The first-order valence-corrected chi connectivity index (χ1v) is 35.8. The highest BCUT2D eigenvalue weighted by atomic mass is 16.4. The van der Waals surface area contributed by atoms with Crippen molar-refractivity contribution < 1.29 is 67.7 Å². The van der Waals surface area contributed by atoms with Crippen LogP contribution in [0.2, 0.25) is 0 Å². The molecule has 0 heterocycles. The van der Waals surface area contributed by atoms with Crippen molar-refractivity contribution in [2.75, 3.05) is 58.9 Å². The topological polar surface area (TPSA) is 856 Å². The summed E-state index contributed by atoms with van der Waals surface area (Å²) in [6, 6.07) is -8.88. The summed E-state index contributed by atoms with van der Waals surface area (Å²) in [4.78, 5) is 191. The summed E-state index contributed by atoms with van der Waals surface area (Å²) in [5.74, 6) is -13.5. The number of nitrogens with zero attached hydrogens (tertiary/aromatic N) is 6. The zero-order chi connectivity index (χ0) is 82.7. The van der Waals surface area contributed by atoms with Gasteiger partial charge in [-0.1, -0.05) is 12.1 Å². The summed E-state index contributed by atoms with van der Waals surface area (Å²) >= 11 is 0. The Hall–Kier alpha value is -11.8. The Morgan fingerprint density at radius 3 is 0.827 bits per heavy atom. The largest absolute Gasteiger partial charge is 0.508 e. The number of rotatable bonds is 58. The number of nitrogens with two attached hydrogens (primary N) is 16. The Labute approximate surface area is 636 Å². The molecule has 0 radical (unpaired) electrons. The molecule has 1 rings (SSSR count). The number of carbonyl (C=O) groups is 12. The highest BCUT2D eigenvalue weighted by molar-refractivity contribution is 5.99. The Bertz CT molecular complexity index is 3280. The van der Waals surface area contributed by atoms with E-state index in [1.54, 1.807) is 12.1 Å². The summed E-state index contributed by atoms with van der Waals surface area (Å²) in [6.45, 7) is -0.573. The maximum atomic E-state index is 14.8. The van der Waals surface area contributed by atoms with Gasteiger partial charge in [0.25, 0.3) is 0 Å². The Morgan fingerprint density at radius 1 is 0.327 bits per heavy atom. The molecule has 11 amide bonds. The first kappa shape index (κ1) is 96.2. The minimum Gasteiger partial charge on any atom is -0.508 e. The molecule has 0 spiro atoms. The number of guanidine groups is 6. The molecule has 0 aliphatic rings. The van der Waals surface area contributed by atoms with Crippen LogP contribution < -0.4 is 145 Å². The molecule has 0 saturated heterocycles. The fourth-order valence-corrected chi connectivity index (χ4v) is 10.4. The third-order valence-corrected chi connectivity index (χ3v) is 16.1. The number of phenols is 1. The molecule has 618 valence electrons. The van der Waals surface area contributed by atoms with Crippen LogP contribution in [-0.4, -0.2) is 236 Å². The van der Waals surface area contributed by atoms with Gasteiger partial charge < -0.3 is 155 Å². The van der Waals surface area contributed by atoms with Gasteiger partial charge in [-0.2, -0.15) is 0 Å². The summed E-state index contributed by atoms with van der Waals surface area (Å²) < 4.78 is 0. The molecule has 46 nitrogen and oxygen atoms in total. The number of benzene rings is 1. The number of aliphatic imine (C=N–C) groups is 6. The standard InChI is InChI=1S/C64H118N32O14/c65-25-3-1-11-39(89-50(101)38(13-5-27-81-59(69)70)88-48(99)34-87-49(100)37(67)33-35-19-21-36(97)22-20-35)51(102)90-40(12-2-4-26-66)52(103)91-41(14-6-28-82-60(71)72)53(104)92-43(16-8-30-84-62(75)76)55(106)95-45(23-24-47(68)98)57(108)94-42(15-7-29-83-61(73)74)54(105)93-44(17-9-31-85-63(77)78)56(107)96-46(58(109)110)18-10-32-86-64(79)80/h19-22,37-46,97H,1-18,23-34,65-67H2,(H2,68,98)(H,87,100)(H,88,99)(H,89,101)(H,90,102)(H,91,103)(H,92,104)(H,93,105)(H,94,108)(H,95,106)(H,96,107)(H,109,110)(H4,69,70,81)(H4,71,72,82)(H4,73,74,83)(H4,75,76,84)(H4,77,78,85)(H4,79,80,86). The minimum atomic E-state index is -1.74. The number of nitrogens with one attached hydrogen (secondary N) is 10. The fraction of sp³-hybridized carbons (Fsp3) is 0.625. The smallest absolute Gasteiger partial charge is 0.326 e. The molecule has 0 bridgehead atoms. The second kappa shape index (κ2) is 54.7. The molecule has 0 aliphatic carbocycles. The van der Waals surface area contributed by atoms with E-state index in [4.69, 9.17) is 91.7 Å². The van der Waals surface area contributed by atoms with E-state index in [2.05, 4.69) is 83.1 Å². The molecule has 0 saturated carbocycles. The van der Waals surface area contributed by atoms with Crippen molar-refractivity contribution >= 4 is 107 Å². The Balaban J connectivity index is 3.89. The van der Waals surface area contributed by atoms with E-state index >= 15 is 0 Å². The van der Waals surface area contributed by atoms with Gasteiger partial charge in [-0.25, -0.2) is 4.79 Å². The van der Waals surface area contributed by atoms with Crippen LogP contribution in [0.5, 0.6) is 5.75 Å². The highest BCUT2D eigenvalue weighted by Crippen LogP contribution is 2.14. The number of hydrogen-bond donors (Lipinski definition) is 28. The lowest BCUT2D eigenvalue weighted by atomic mass is 10.0. The molecule has 110 heavy (non-hydrogen) atoms. The normalized spacial score (nSPS) is 13.5. The van der Waals surface area contributed by atoms with E-state index < -0.39 is 151 Å². The van der Waals surface area contributed by atoms with E-state index in [0.29, 0.717) is 18.4 Å². The summed E-state index contributed by atoms with van der Waals surface area (Å²) in [5.41, 5.74) is 90.3. The van der Waals surface area contributed by atoms with Crippen molar-refractivity contribution in [1.82, 2.24) is 53.2 Å². The van der Waals surface area contributed by atoms with Crippen LogP contribution in [0.25, 0.3) is 0 Å². The fourth-order valence-electron chi connectivity index (χ4n) is 10.4. The second-order valence-corrected chi connectivity index (χ2v) is 25.4. The number of phenolic OH excluding ortho intramolecular Hbond substituents is 1. The highest BCUT2D eigenvalue weighted by Gasteiger charge is 2.36. The van der Waals surface area contributed by atoms with E-state index in [0.717, 1.165) is 0 Å². The number of unbranched alkanes of at least 4 members (excludes halogenated alkanes) is 2. The van der Waals surface area contributed by atoms with Crippen LogP contribution in [0.3, 0.4) is 0 Å². The van der Waals surface area contributed by atoms with Gasteiger partial charge in [0.2, 0.25) is 65.0 Å². The van der Waals surface area contributed by atoms with Crippen molar-refractivity contribution in [3.05, 3.63) is 29.8 Å². The number of aliphatic carboxylic acids is 1. The molecule has 0 aromatic heterocycles. The summed E-state index contributed by atoms with van der Waals surface area (Å²) in [5, 5.41) is 45.3. The number of carboxylic acids is 1. The van der Waals surface area contributed by atoms with Crippen molar-refractivity contribution in [1.29, 1.82) is 0 Å². The third-order valence-electron chi connectivity index (χ3n) is 16.1. The van der Waals surface area contributed by atoms with Gasteiger partial charge in [0.15, 0.2) is 35.8 Å². The maximum absolute atomic E-state index is 14.8. The van der Waals surface area contributed by atoms with E-state index in [-0.39, 0.29) is 203 Å². The first-order valence-electron chi connectivity index (χ1n) is 35.8. The molecule has 46 heteroatoms. The average Bonchev–Trinajstić information content (AvgIpc) is 0.869. The molecule has 1 aromatic rings. The quantitative estimate of drug-likeness (QED) is 0.0164. The number of carboxylic acid groups (broad SMARTS) is 1. The lowest BCUT2D eigenvalue weighted by Gasteiger charge is -2.28. The number of carbonyl (C=O) groups excluding carboxylic acids is 11. The van der Waals surface area contributed by atoms with Gasteiger partial charge in [-0.15, -0.1) is 0 Å². The van der Waals surface area contributed by atoms with Crippen molar-refractivity contribution in [3.63, 3.8) is 0 Å². The van der Waals surface area contributed by atoms with Gasteiger partial charge in [-0.05, 0) is 159 Å². The summed E-state index contributed by atoms with van der Waals surface area (Å²) in [6.07, 6.45) is -0.851. The lowest BCUT2D eigenvalue weighted by molar-refractivity contribution is -0.142. The monoisotopic (exact) mass is 1560 g/mol. The van der Waals surface area contributed by atoms with Crippen LogP contribution in [0, 0.1) is 0 Å². The van der Waals surface area contributed by atoms with Gasteiger partial charge in [-0.3, -0.25) is 82.7 Å². The first-order chi connectivity index (χ1) is 52.1. The van der Waals surface area contributed by atoms with Crippen LogP contribution in [0.1, 0.15) is 134 Å². The molecular weight excluding hydrogens is 1440 g/mol. The van der Waals surface area contributed by atoms with Crippen molar-refractivity contribution in [2.45, 2.75) is 195 Å². The average molecular weight is 1560 g/mol. The van der Waals surface area contributed by atoms with Crippen LogP contribution >= 0.6 is 0 Å². The van der Waals surface area contributed by atoms with Gasteiger partial charge in [0.05, 0.1) is 12.6 Å². The van der Waals surface area contributed by atoms with Crippen LogP contribution in [-0.2, 0) is 64.0 Å². The minimum absolute atomic E-state index is 0.00318. The van der Waals surface area contributed by atoms with E-state index in [9.17, 15) is 67.7 Å². The third kappa shape index (κ3) is 44.3. The second-order valence-electron chi connectivity index (χ2n) is 25.4. The lowest BCUT2D eigenvalue weighted by Crippen LogP contribution is -2.60. The maximum Gasteiger partial charge on any atom is 0.326 e. The predicted molar refractivity (Wildman–Crippen MR) is 412 cm³/mol. The van der Waals surface area contributed by atoms with Crippen molar-refractivity contribution in [3.8, 4) is 5.75 Å². The number of hydrogen-bond acceptors (Lipinski definition) is 22. The molecule has 1 aromatic carbocycles. The Morgan fingerprint density at radius 2 is 0.573 bits per heavy atom. The number of primary amides is 1. The van der Waals surface area contributed by atoms with Gasteiger partial charge >= 0.3 is 5.97 Å². The van der Waals surface area contributed by atoms with Gasteiger partial charge in [0.1, 0.15) is 60.1 Å². The number of amides is 11. The van der Waals surface area contributed by atoms with E-state index in [1.165, 1.54) is 12.1 Å². The number of aromatic hydroxyl groups is 1. The molecule has 0 aliphatic heterocycles. The zero-order valence-electron chi connectivity index (χ0n) is 62.0. The SMILES string of the molecule is NCCCCC(NC(=O)C(CCCN=C(N)N)NC(=O)CNC(=O)C(N)Cc1ccc(O)cc1)C(=O)NC(CCCCN)C(=O)NC(CCCN=C(N)N)C(=O)NC(CCCN=C(N)N)C(=O)NC(CCC(N)=O)C(=O)NC(CCCN=C(N)N)C(=O)NC(CCCN=C(N)N)C(=O)NC(CCCN=C(N)N)C(=O)O. The van der Waals surface area contributed by atoms with E-state index in [1.807, 2.05) is 0 Å². The molecule has 10 unspecified atom stereocenters. The summed E-state index contributed by atoms with van der Waals surface area (Å²) in [7, 11) is 0. The molecular formula is C64H118N32O14. The Kier molecular flexibility index (Phi) is 47.8. The van der Waals surface area contributed by atoms with Gasteiger partial charge in [0, 0.05) is 45.7 Å². The van der Waals surface area contributed by atoms with Crippen molar-refractivity contribution in [2.24, 2.45) is 122 Å². The van der Waals surface area contributed by atoms with Crippen LogP contribution in [0.4, 0.5) is 0 Å². The molecule has 0 fully saturated rings. The van der Waals surface area contributed by atoms with Crippen LogP contribution in [0.15, 0.2) is 54.2 Å². The predicted octanol–water partition coefficient (Wildman–Crippen LogP) is -11.3. The molecule has 10 atom stereocenters. The zero-order valence-corrected chi connectivity index (χ0v) is 62.0.